The summed E-state index contributed by atoms with van der Waals surface area (Å²) in [6.45, 7) is 0.808. The molecule has 0 atom stereocenters. The van der Waals surface area contributed by atoms with Crippen LogP contribution >= 0.6 is 23.8 Å². The van der Waals surface area contributed by atoms with E-state index >= 15 is 0 Å². The summed E-state index contributed by atoms with van der Waals surface area (Å²) in [5.74, 6) is 0.881. The molecule has 0 unspecified atom stereocenters. The summed E-state index contributed by atoms with van der Waals surface area (Å²) in [4.78, 5) is 0. The largest absolute Gasteiger partial charge is 0.497 e. The topological polar surface area (TPSA) is 33.3 Å². The molecule has 0 aromatic heterocycles. The SMILES string of the molecule is COc1ccc(CCCNC(=S)Nc2ccccc2Cl)cc1. The highest BCUT2D eigenvalue weighted by Crippen LogP contribution is 2.20. The molecule has 116 valence electrons. The van der Waals surface area contributed by atoms with E-state index in [1.807, 2.05) is 36.4 Å². The molecule has 0 aliphatic rings. The molecule has 22 heavy (non-hydrogen) atoms. The van der Waals surface area contributed by atoms with Gasteiger partial charge in [0, 0.05) is 6.54 Å². The third-order valence-electron chi connectivity index (χ3n) is 3.21. The molecule has 0 fully saturated rings. The van der Waals surface area contributed by atoms with Crippen molar-refractivity contribution in [2.45, 2.75) is 12.8 Å². The van der Waals surface area contributed by atoms with Gasteiger partial charge in [-0.1, -0.05) is 35.9 Å². The van der Waals surface area contributed by atoms with E-state index < -0.39 is 0 Å². The Kier molecular flexibility index (Phi) is 6.49. The first kappa shape index (κ1) is 16.6. The van der Waals surface area contributed by atoms with E-state index in [1.54, 1.807) is 7.11 Å². The van der Waals surface area contributed by atoms with Crippen LogP contribution in [0.3, 0.4) is 0 Å². The Balaban J connectivity index is 1.69. The summed E-state index contributed by atoms with van der Waals surface area (Å²) in [5.41, 5.74) is 2.10. The first-order valence-corrected chi connectivity index (χ1v) is 7.90. The maximum Gasteiger partial charge on any atom is 0.170 e. The Hall–Kier alpha value is -1.78. The number of ether oxygens (including phenoxy) is 1. The van der Waals surface area contributed by atoms with Crippen molar-refractivity contribution in [3.63, 3.8) is 0 Å². The van der Waals surface area contributed by atoms with Gasteiger partial charge in [-0.25, -0.2) is 0 Å². The maximum absolute atomic E-state index is 6.07. The lowest BCUT2D eigenvalue weighted by Gasteiger charge is -2.11. The Morgan fingerprint density at radius 2 is 1.86 bits per heavy atom. The minimum atomic E-state index is 0.586. The fraction of sp³-hybridized carbons (Fsp3) is 0.235. The summed E-state index contributed by atoms with van der Waals surface area (Å²) in [6.07, 6.45) is 1.99. The van der Waals surface area contributed by atoms with E-state index in [9.17, 15) is 0 Å². The van der Waals surface area contributed by atoms with Gasteiger partial charge in [0.1, 0.15) is 5.75 Å². The zero-order valence-corrected chi connectivity index (χ0v) is 14.0. The molecule has 2 aromatic rings. The van der Waals surface area contributed by atoms with Crippen LogP contribution in [0.15, 0.2) is 48.5 Å². The van der Waals surface area contributed by atoms with Gasteiger partial charge in [0.2, 0.25) is 0 Å². The third-order valence-corrected chi connectivity index (χ3v) is 3.78. The van der Waals surface area contributed by atoms with E-state index in [4.69, 9.17) is 28.6 Å². The van der Waals surface area contributed by atoms with Crippen molar-refractivity contribution in [3.05, 3.63) is 59.1 Å². The summed E-state index contributed by atoms with van der Waals surface area (Å²) in [6, 6.07) is 15.7. The van der Waals surface area contributed by atoms with Crippen molar-refractivity contribution in [2.24, 2.45) is 0 Å². The van der Waals surface area contributed by atoms with Gasteiger partial charge in [-0.2, -0.15) is 0 Å². The summed E-state index contributed by atoms with van der Waals surface area (Å²) >= 11 is 11.3. The van der Waals surface area contributed by atoms with Crippen LogP contribution in [0.25, 0.3) is 0 Å². The molecule has 2 aromatic carbocycles. The van der Waals surface area contributed by atoms with Gasteiger partial charge in [-0.3, -0.25) is 0 Å². The van der Waals surface area contributed by atoms with Gasteiger partial charge in [0.25, 0.3) is 0 Å². The molecule has 2 rings (SSSR count). The first-order chi connectivity index (χ1) is 10.7. The van der Waals surface area contributed by atoms with E-state index in [1.165, 1.54) is 5.56 Å². The molecular formula is C17H19ClN2OS. The van der Waals surface area contributed by atoms with E-state index in [-0.39, 0.29) is 0 Å². The lowest BCUT2D eigenvalue weighted by Crippen LogP contribution is -2.29. The Bertz CT molecular complexity index is 616. The average Bonchev–Trinajstić information content (AvgIpc) is 2.54. The molecule has 0 saturated heterocycles. The minimum absolute atomic E-state index is 0.586. The zero-order valence-electron chi connectivity index (χ0n) is 12.4. The summed E-state index contributed by atoms with van der Waals surface area (Å²) in [5, 5.41) is 7.53. The van der Waals surface area contributed by atoms with E-state index in [2.05, 4.69) is 22.8 Å². The van der Waals surface area contributed by atoms with Crippen LogP contribution in [0, 0.1) is 0 Å². The molecule has 0 radical (unpaired) electrons. The normalized spacial score (nSPS) is 10.1. The smallest absolute Gasteiger partial charge is 0.170 e. The second-order valence-corrected chi connectivity index (χ2v) is 5.63. The van der Waals surface area contributed by atoms with Crippen molar-refractivity contribution >= 4 is 34.6 Å². The average molecular weight is 335 g/mol. The molecule has 0 heterocycles. The number of methoxy groups -OCH3 is 1. The second-order valence-electron chi connectivity index (χ2n) is 4.81. The van der Waals surface area contributed by atoms with Gasteiger partial charge in [0.15, 0.2) is 5.11 Å². The van der Waals surface area contributed by atoms with Crippen LogP contribution in [0.2, 0.25) is 5.02 Å². The van der Waals surface area contributed by atoms with Crippen molar-refractivity contribution in [1.29, 1.82) is 0 Å². The number of para-hydroxylation sites is 1. The molecule has 0 spiro atoms. The van der Waals surface area contributed by atoms with E-state index in [0.717, 1.165) is 30.8 Å². The van der Waals surface area contributed by atoms with Crippen LogP contribution in [0.4, 0.5) is 5.69 Å². The molecule has 3 nitrogen and oxygen atoms in total. The molecule has 0 amide bonds. The third kappa shape index (κ3) is 5.20. The monoisotopic (exact) mass is 334 g/mol. The van der Waals surface area contributed by atoms with Gasteiger partial charge in [-0.05, 0) is 54.9 Å². The number of nitrogens with one attached hydrogen (secondary N) is 2. The minimum Gasteiger partial charge on any atom is -0.497 e. The van der Waals surface area contributed by atoms with Crippen LogP contribution in [-0.2, 0) is 6.42 Å². The Morgan fingerprint density at radius 3 is 2.55 bits per heavy atom. The predicted octanol–water partition coefficient (Wildman–Crippen LogP) is 4.27. The van der Waals surface area contributed by atoms with E-state index in [0.29, 0.717) is 10.1 Å². The van der Waals surface area contributed by atoms with Crippen molar-refractivity contribution in [1.82, 2.24) is 5.32 Å². The number of rotatable bonds is 6. The highest BCUT2D eigenvalue weighted by molar-refractivity contribution is 7.80. The fourth-order valence-corrected chi connectivity index (χ4v) is 2.41. The van der Waals surface area contributed by atoms with Crippen molar-refractivity contribution in [2.75, 3.05) is 19.0 Å². The van der Waals surface area contributed by atoms with Gasteiger partial charge in [-0.15, -0.1) is 0 Å². The summed E-state index contributed by atoms with van der Waals surface area (Å²) in [7, 11) is 1.67. The number of hydrogen-bond donors (Lipinski definition) is 2. The summed E-state index contributed by atoms with van der Waals surface area (Å²) < 4.78 is 5.14. The lowest BCUT2D eigenvalue weighted by molar-refractivity contribution is 0.414. The molecule has 2 N–H and O–H groups in total. The number of hydrogen-bond acceptors (Lipinski definition) is 2. The van der Waals surface area contributed by atoms with Crippen LogP contribution in [0.5, 0.6) is 5.75 Å². The number of aryl methyl sites for hydroxylation is 1. The maximum atomic E-state index is 6.07. The molecule has 0 bridgehead atoms. The first-order valence-electron chi connectivity index (χ1n) is 7.11. The molecule has 5 heteroatoms. The van der Waals surface area contributed by atoms with Gasteiger partial charge < -0.3 is 15.4 Å². The number of benzene rings is 2. The van der Waals surface area contributed by atoms with Gasteiger partial charge in [0.05, 0.1) is 17.8 Å². The molecule has 0 aliphatic heterocycles. The molecule has 0 aliphatic carbocycles. The number of halogens is 1. The van der Waals surface area contributed by atoms with Crippen LogP contribution < -0.4 is 15.4 Å². The zero-order chi connectivity index (χ0) is 15.8. The fourth-order valence-electron chi connectivity index (χ4n) is 2.02. The van der Waals surface area contributed by atoms with Crippen LogP contribution in [0.1, 0.15) is 12.0 Å². The molecule has 0 saturated carbocycles. The second kappa shape index (κ2) is 8.61. The van der Waals surface area contributed by atoms with Crippen molar-refractivity contribution < 1.29 is 4.74 Å². The highest BCUT2D eigenvalue weighted by atomic mass is 35.5. The van der Waals surface area contributed by atoms with Crippen LogP contribution in [-0.4, -0.2) is 18.8 Å². The lowest BCUT2D eigenvalue weighted by atomic mass is 10.1. The van der Waals surface area contributed by atoms with Gasteiger partial charge >= 0.3 is 0 Å². The quantitative estimate of drug-likeness (QED) is 0.610. The standard InChI is InChI=1S/C17H19ClN2OS/c1-21-14-10-8-13(9-11-14)5-4-12-19-17(22)20-16-7-3-2-6-15(16)18/h2-3,6-11H,4-5,12H2,1H3,(H2,19,20,22). The highest BCUT2D eigenvalue weighted by Gasteiger charge is 2.01. The number of anilines is 1. The Labute approximate surface area is 141 Å². The molecular weight excluding hydrogens is 316 g/mol. The Morgan fingerprint density at radius 1 is 1.14 bits per heavy atom. The van der Waals surface area contributed by atoms with Crippen molar-refractivity contribution in [3.8, 4) is 5.75 Å². The predicted molar refractivity (Wildman–Crippen MR) is 97.0 cm³/mol. The number of thiocarbonyl (C=S) groups is 1.